The molecule has 0 spiro atoms. The molecule has 3 nitrogen and oxygen atoms in total. The molecular formula is C16H19BrN2OS. The Bertz CT molecular complexity index is 616. The number of halogens is 1. The number of amides is 1. The molecule has 0 atom stereocenters. The first-order valence-electron chi connectivity index (χ1n) is 7.38. The second-order valence-electron chi connectivity index (χ2n) is 5.48. The lowest BCUT2D eigenvalue weighted by Gasteiger charge is -2.22. The number of carbonyl (C=O) groups is 1. The van der Waals surface area contributed by atoms with E-state index in [1.165, 1.54) is 4.88 Å². The summed E-state index contributed by atoms with van der Waals surface area (Å²) in [4.78, 5) is 16.2. The molecule has 0 aliphatic heterocycles. The Labute approximate surface area is 137 Å². The molecule has 0 N–H and O–H groups in total. The van der Waals surface area contributed by atoms with E-state index >= 15 is 0 Å². The molecule has 0 aromatic carbocycles. The maximum atomic E-state index is 13.0. The van der Waals surface area contributed by atoms with Crippen LogP contribution in [0.3, 0.4) is 0 Å². The third-order valence-corrected chi connectivity index (χ3v) is 5.00. The van der Waals surface area contributed by atoms with Crippen molar-refractivity contribution in [2.75, 3.05) is 0 Å². The van der Waals surface area contributed by atoms with Gasteiger partial charge in [0.2, 0.25) is 0 Å². The molecule has 2 aromatic rings. The van der Waals surface area contributed by atoms with E-state index in [0.29, 0.717) is 6.04 Å². The Morgan fingerprint density at radius 3 is 2.95 bits per heavy atom. The van der Waals surface area contributed by atoms with Crippen LogP contribution in [0, 0.1) is 0 Å². The summed E-state index contributed by atoms with van der Waals surface area (Å²) in [6.07, 6.45) is 5.29. The van der Waals surface area contributed by atoms with E-state index in [-0.39, 0.29) is 5.91 Å². The standard InChI is InChI=1S/C16H19BrN2OS/c1-2-7-18-10-12(17)9-15(18)16(20)19(13-5-6-13)11-14-4-3-8-21-14/h3-4,8-10,13H,2,5-7,11H2,1H3. The first kappa shape index (κ1) is 14.9. The minimum Gasteiger partial charge on any atom is -0.342 e. The van der Waals surface area contributed by atoms with Crippen LogP contribution in [0.4, 0.5) is 0 Å². The van der Waals surface area contributed by atoms with Gasteiger partial charge in [-0.2, -0.15) is 0 Å². The predicted molar refractivity (Wildman–Crippen MR) is 89.6 cm³/mol. The average molecular weight is 367 g/mol. The second kappa shape index (κ2) is 6.36. The molecule has 0 bridgehead atoms. The van der Waals surface area contributed by atoms with Crippen molar-refractivity contribution >= 4 is 33.2 Å². The average Bonchev–Trinajstić information content (AvgIpc) is 3.04. The lowest BCUT2D eigenvalue weighted by molar-refractivity contribution is 0.0720. The van der Waals surface area contributed by atoms with E-state index in [1.54, 1.807) is 11.3 Å². The first-order chi connectivity index (χ1) is 10.2. The molecule has 3 rings (SSSR count). The van der Waals surface area contributed by atoms with Gasteiger partial charge < -0.3 is 9.47 Å². The fourth-order valence-electron chi connectivity index (χ4n) is 2.55. The number of nitrogens with zero attached hydrogens (tertiary/aromatic N) is 2. The summed E-state index contributed by atoms with van der Waals surface area (Å²) in [7, 11) is 0. The Balaban J connectivity index is 1.84. The summed E-state index contributed by atoms with van der Waals surface area (Å²) < 4.78 is 3.04. The predicted octanol–water partition coefficient (Wildman–Crippen LogP) is 4.53. The van der Waals surface area contributed by atoms with E-state index in [4.69, 9.17) is 0 Å². The summed E-state index contributed by atoms with van der Waals surface area (Å²) in [6, 6.07) is 6.52. The van der Waals surface area contributed by atoms with Crippen molar-refractivity contribution in [2.24, 2.45) is 0 Å². The number of rotatable bonds is 6. The molecular weight excluding hydrogens is 348 g/mol. The van der Waals surface area contributed by atoms with E-state index in [1.807, 2.05) is 23.2 Å². The van der Waals surface area contributed by atoms with Crippen molar-refractivity contribution in [1.29, 1.82) is 0 Å². The molecule has 1 aliphatic carbocycles. The van der Waals surface area contributed by atoms with Crippen molar-refractivity contribution in [3.63, 3.8) is 0 Å². The Kier molecular flexibility index (Phi) is 4.50. The Hall–Kier alpha value is -1.07. The zero-order valence-corrected chi connectivity index (χ0v) is 14.5. The maximum Gasteiger partial charge on any atom is 0.271 e. The van der Waals surface area contributed by atoms with Gasteiger partial charge in [-0.05, 0) is 52.7 Å². The molecule has 21 heavy (non-hydrogen) atoms. The highest BCUT2D eigenvalue weighted by Crippen LogP contribution is 2.31. The minimum absolute atomic E-state index is 0.157. The van der Waals surface area contributed by atoms with Crippen molar-refractivity contribution in [1.82, 2.24) is 9.47 Å². The van der Waals surface area contributed by atoms with Gasteiger partial charge in [-0.1, -0.05) is 13.0 Å². The SMILES string of the molecule is CCCn1cc(Br)cc1C(=O)N(Cc1cccs1)C1CC1. The highest BCUT2D eigenvalue weighted by Gasteiger charge is 2.34. The fraction of sp³-hybridized carbons (Fsp3) is 0.438. The van der Waals surface area contributed by atoms with E-state index in [0.717, 1.165) is 42.5 Å². The molecule has 2 heterocycles. The van der Waals surface area contributed by atoms with Gasteiger partial charge in [-0.25, -0.2) is 0 Å². The summed E-state index contributed by atoms with van der Waals surface area (Å²) in [5.74, 6) is 0.157. The van der Waals surface area contributed by atoms with Crippen LogP contribution in [0.1, 0.15) is 41.6 Å². The minimum atomic E-state index is 0.157. The normalized spacial score (nSPS) is 14.4. The number of carbonyl (C=O) groups excluding carboxylic acids is 1. The molecule has 2 aromatic heterocycles. The number of aryl methyl sites for hydroxylation is 1. The summed E-state index contributed by atoms with van der Waals surface area (Å²) in [6.45, 7) is 3.74. The molecule has 1 amide bonds. The molecule has 112 valence electrons. The van der Waals surface area contributed by atoms with Gasteiger partial charge in [0, 0.05) is 28.1 Å². The summed E-state index contributed by atoms with van der Waals surface area (Å²) in [5.41, 5.74) is 0.798. The number of hydrogen-bond donors (Lipinski definition) is 0. The third-order valence-electron chi connectivity index (χ3n) is 3.70. The topological polar surface area (TPSA) is 25.2 Å². The van der Waals surface area contributed by atoms with Crippen LogP contribution in [-0.2, 0) is 13.1 Å². The van der Waals surface area contributed by atoms with Crippen LogP contribution >= 0.6 is 27.3 Å². The number of aromatic nitrogens is 1. The molecule has 1 fully saturated rings. The van der Waals surface area contributed by atoms with E-state index < -0.39 is 0 Å². The Morgan fingerprint density at radius 1 is 1.52 bits per heavy atom. The smallest absolute Gasteiger partial charge is 0.271 e. The van der Waals surface area contributed by atoms with Gasteiger partial charge in [0.15, 0.2) is 0 Å². The van der Waals surface area contributed by atoms with Gasteiger partial charge in [0.1, 0.15) is 5.69 Å². The van der Waals surface area contributed by atoms with Crippen molar-refractivity contribution in [2.45, 2.75) is 45.3 Å². The highest BCUT2D eigenvalue weighted by molar-refractivity contribution is 9.10. The molecule has 5 heteroatoms. The van der Waals surface area contributed by atoms with Crippen LogP contribution in [0.5, 0.6) is 0 Å². The Morgan fingerprint density at radius 2 is 2.33 bits per heavy atom. The first-order valence-corrected chi connectivity index (χ1v) is 9.05. The molecule has 0 saturated heterocycles. The zero-order chi connectivity index (χ0) is 14.8. The second-order valence-corrected chi connectivity index (χ2v) is 7.43. The number of hydrogen-bond acceptors (Lipinski definition) is 2. The van der Waals surface area contributed by atoms with Gasteiger partial charge in [0.05, 0.1) is 6.54 Å². The van der Waals surface area contributed by atoms with Crippen LogP contribution < -0.4 is 0 Å². The van der Waals surface area contributed by atoms with Crippen LogP contribution in [0.25, 0.3) is 0 Å². The van der Waals surface area contributed by atoms with E-state index in [2.05, 4.69) is 38.9 Å². The molecule has 1 aliphatic rings. The summed E-state index contributed by atoms with van der Waals surface area (Å²) in [5, 5.41) is 2.07. The van der Waals surface area contributed by atoms with Crippen LogP contribution in [-0.4, -0.2) is 21.4 Å². The van der Waals surface area contributed by atoms with Crippen molar-refractivity contribution in [3.05, 3.63) is 44.8 Å². The quantitative estimate of drug-likeness (QED) is 0.737. The lowest BCUT2D eigenvalue weighted by atomic mass is 10.3. The van der Waals surface area contributed by atoms with Gasteiger partial charge in [-0.3, -0.25) is 4.79 Å². The zero-order valence-electron chi connectivity index (χ0n) is 12.1. The molecule has 0 unspecified atom stereocenters. The van der Waals surface area contributed by atoms with Crippen LogP contribution in [0.15, 0.2) is 34.2 Å². The monoisotopic (exact) mass is 366 g/mol. The van der Waals surface area contributed by atoms with Gasteiger partial charge >= 0.3 is 0 Å². The van der Waals surface area contributed by atoms with Crippen molar-refractivity contribution in [3.8, 4) is 0 Å². The molecule has 1 saturated carbocycles. The number of thiophene rings is 1. The van der Waals surface area contributed by atoms with Gasteiger partial charge in [-0.15, -0.1) is 11.3 Å². The molecule has 0 radical (unpaired) electrons. The van der Waals surface area contributed by atoms with E-state index in [9.17, 15) is 4.79 Å². The summed E-state index contributed by atoms with van der Waals surface area (Å²) >= 11 is 5.21. The lowest BCUT2D eigenvalue weighted by Crippen LogP contribution is -2.33. The largest absolute Gasteiger partial charge is 0.342 e. The van der Waals surface area contributed by atoms with Crippen molar-refractivity contribution < 1.29 is 4.79 Å². The van der Waals surface area contributed by atoms with Crippen LogP contribution in [0.2, 0.25) is 0 Å². The van der Waals surface area contributed by atoms with Gasteiger partial charge in [0.25, 0.3) is 5.91 Å². The highest BCUT2D eigenvalue weighted by atomic mass is 79.9. The maximum absolute atomic E-state index is 13.0. The fourth-order valence-corrected chi connectivity index (χ4v) is 3.72. The third kappa shape index (κ3) is 3.40.